The van der Waals surface area contributed by atoms with Crippen LogP contribution in [-0.2, 0) is 28.6 Å². The zero-order chi connectivity index (χ0) is 38.7. The first kappa shape index (κ1) is 48.5. The maximum Gasteiger partial charge on any atom is 0.308 e. The van der Waals surface area contributed by atoms with Crippen LogP contribution in [-0.4, -0.2) is 62.8 Å². The van der Waals surface area contributed by atoms with Gasteiger partial charge >= 0.3 is 17.9 Å². The molecule has 2 aliphatic carbocycles. The molecule has 2 saturated carbocycles. The number of ether oxygens (including phenoxy) is 3. The summed E-state index contributed by atoms with van der Waals surface area (Å²) in [6.07, 6.45) is 40.6. The summed E-state index contributed by atoms with van der Waals surface area (Å²) in [7, 11) is 4.05. The lowest BCUT2D eigenvalue weighted by Gasteiger charge is -2.19. The molecule has 0 unspecified atom stereocenters. The van der Waals surface area contributed by atoms with Gasteiger partial charge in [-0.2, -0.15) is 0 Å². The minimum Gasteiger partial charge on any atom is -0.465 e. The molecule has 2 rings (SSSR count). The maximum absolute atomic E-state index is 13.0. The van der Waals surface area contributed by atoms with E-state index >= 15 is 0 Å². The monoisotopic (exact) mass is 762 g/mol. The standard InChI is InChI=1S/C47H87NO6/c1-48(2)39-31-38-45(49)54-44(36-27-21-29-40-52-46(50)42-32-23-17-13-9-5-3-6-10-14-18-24-33-42)37-28-22-30-41-53-47(51)43-34-25-19-15-11-7-4-8-12-16-20-26-35-43/h42-44H,3-41H2,1-2H3. The van der Waals surface area contributed by atoms with Gasteiger partial charge in [-0.1, -0.05) is 141 Å². The Morgan fingerprint density at radius 2 is 0.796 bits per heavy atom. The Morgan fingerprint density at radius 3 is 1.13 bits per heavy atom. The fourth-order valence-corrected chi connectivity index (χ4v) is 8.43. The quantitative estimate of drug-likeness (QED) is 0.0736. The van der Waals surface area contributed by atoms with E-state index in [1.54, 1.807) is 0 Å². The number of nitrogens with zero attached hydrogens (tertiary/aromatic N) is 1. The Hall–Kier alpha value is -1.63. The van der Waals surface area contributed by atoms with Crippen LogP contribution in [0.3, 0.4) is 0 Å². The summed E-state index contributed by atoms with van der Waals surface area (Å²) in [6, 6.07) is 0. The highest BCUT2D eigenvalue weighted by Gasteiger charge is 2.21. The van der Waals surface area contributed by atoms with Crippen LogP contribution in [0.5, 0.6) is 0 Å². The number of unbranched alkanes of at least 4 members (excludes halogenated alkanes) is 4. The SMILES string of the molecule is CN(C)CCCC(=O)OC(CCCCCOC(=O)C1CCCCCCCCCCCCC1)CCCCCOC(=O)C1CCCCCCCCCCCCC1. The summed E-state index contributed by atoms with van der Waals surface area (Å²) >= 11 is 0. The average Bonchev–Trinajstić information content (AvgIpc) is 3.15. The first-order chi connectivity index (χ1) is 26.5. The predicted molar refractivity (Wildman–Crippen MR) is 224 cm³/mol. The minimum atomic E-state index is -0.101. The number of carbonyl (C=O) groups excluding carboxylic acids is 3. The van der Waals surface area contributed by atoms with E-state index in [-0.39, 0.29) is 35.8 Å². The summed E-state index contributed by atoms with van der Waals surface area (Å²) in [5, 5.41) is 0. The second kappa shape index (κ2) is 34.6. The molecule has 0 heterocycles. The molecule has 0 spiro atoms. The van der Waals surface area contributed by atoms with E-state index in [2.05, 4.69) is 4.90 Å². The Labute approximate surface area is 333 Å². The van der Waals surface area contributed by atoms with E-state index in [0.29, 0.717) is 19.6 Å². The summed E-state index contributed by atoms with van der Waals surface area (Å²) in [4.78, 5) is 40.8. The molecule has 0 radical (unpaired) electrons. The molecule has 2 aliphatic rings. The highest BCUT2D eigenvalue weighted by atomic mass is 16.5. The fourth-order valence-electron chi connectivity index (χ4n) is 8.43. The molecule has 0 saturated heterocycles. The van der Waals surface area contributed by atoms with Gasteiger partial charge in [0.25, 0.3) is 0 Å². The lowest BCUT2D eigenvalue weighted by molar-refractivity contribution is -0.151. The van der Waals surface area contributed by atoms with Gasteiger partial charge in [-0.25, -0.2) is 0 Å². The molecule has 7 heteroatoms. The van der Waals surface area contributed by atoms with Crippen LogP contribution >= 0.6 is 0 Å². The van der Waals surface area contributed by atoms with Crippen LogP contribution in [0, 0.1) is 11.8 Å². The van der Waals surface area contributed by atoms with Crippen LogP contribution in [0.25, 0.3) is 0 Å². The van der Waals surface area contributed by atoms with E-state index < -0.39 is 0 Å². The second-order valence-corrected chi connectivity index (χ2v) is 17.4. The van der Waals surface area contributed by atoms with Crippen molar-refractivity contribution in [2.24, 2.45) is 11.8 Å². The average molecular weight is 762 g/mol. The minimum absolute atomic E-state index is 0.0179. The molecule has 7 nitrogen and oxygen atoms in total. The van der Waals surface area contributed by atoms with Crippen molar-refractivity contribution in [2.45, 2.75) is 237 Å². The lowest BCUT2D eigenvalue weighted by atomic mass is 9.93. The summed E-state index contributed by atoms with van der Waals surface area (Å²) in [5.41, 5.74) is 0. The van der Waals surface area contributed by atoms with E-state index in [1.807, 2.05) is 14.1 Å². The van der Waals surface area contributed by atoms with Gasteiger partial charge in [0.2, 0.25) is 0 Å². The van der Waals surface area contributed by atoms with E-state index in [9.17, 15) is 14.4 Å². The van der Waals surface area contributed by atoms with Crippen LogP contribution in [0.1, 0.15) is 231 Å². The molecule has 0 aromatic heterocycles. The van der Waals surface area contributed by atoms with Crippen molar-refractivity contribution in [3.8, 4) is 0 Å². The highest BCUT2D eigenvalue weighted by Crippen LogP contribution is 2.24. The predicted octanol–water partition coefficient (Wildman–Crippen LogP) is 12.8. The molecule has 54 heavy (non-hydrogen) atoms. The maximum atomic E-state index is 13.0. The Bertz CT molecular complexity index is 823. The van der Waals surface area contributed by atoms with Crippen LogP contribution < -0.4 is 0 Å². The Morgan fingerprint density at radius 1 is 0.463 bits per heavy atom. The molecular weight excluding hydrogens is 675 g/mol. The zero-order valence-corrected chi connectivity index (χ0v) is 35.7. The summed E-state index contributed by atoms with van der Waals surface area (Å²) in [6.45, 7) is 1.85. The van der Waals surface area contributed by atoms with Crippen molar-refractivity contribution in [1.29, 1.82) is 0 Å². The molecule has 316 valence electrons. The molecule has 0 aliphatic heterocycles. The fraction of sp³-hybridized carbons (Fsp3) is 0.936. The highest BCUT2D eigenvalue weighted by molar-refractivity contribution is 5.72. The Balaban J connectivity index is 1.70. The van der Waals surface area contributed by atoms with Crippen molar-refractivity contribution in [3.63, 3.8) is 0 Å². The number of rotatable bonds is 19. The summed E-state index contributed by atoms with van der Waals surface area (Å²) < 4.78 is 17.6. The van der Waals surface area contributed by atoms with Crippen LogP contribution in [0.4, 0.5) is 0 Å². The van der Waals surface area contributed by atoms with Gasteiger partial charge in [0.1, 0.15) is 6.10 Å². The van der Waals surface area contributed by atoms with Crippen molar-refractivity contribution < 1.29 is 28.6 Å². The Kier molecular flexibility index (Phi) is 31.1. The first-order valence-electron chi connectivity index (χ1n) is 23.6. The van der Waals surface area contributed by atoms with Crippen molar-refractivity contribution in [2.75, 3.05) is 33.9 Å². The lowest BCUT2D eigenvalue weighted by Crippen LogP contribution is -2.21. The third kappa shape index (κ3) is 27.9. The second-order valence-electron chi connectivity index (χ2n) is 17.4. The van der Waals surface area contributed by atoms with E-state index in [4.69, 9.17) is 14.2 Å². The smallest absolute Gasteiger partial charge is 0.308 e. The van der Waals surface area contributed by atoms with Gasteiger partial charge < -0.3 is 19.1 Å². The largest absolute Gasteiger partial charge is 0.465 e. The van der Waals surface area contributed by atoms with E-state index in [1.165, 1.54) is 116 Å². The van der Waals surface area contributed by atoms with E-state index in [0.717, 1.165) is 116 Å². The third-order valence-corrected chi connectivity index (χ3v) is 12.0. The molecule has 0 atom stereocenters. The molecule has 0 aromatic rings. The topological polar surface area (TPSA) is 82.1 Å². The van der Waals surface area contributed by atoms with Gasteiger partial charge in [0, 0.05) is 6.42 Å². The van der Waals surface area contributed by atoms with Crippen LogP contribution in [0.15, 0.2) is 0 Å². The van der Waals surface area contributed by atoms with Crippen molar-refractivity contribution in [3.05, 3.63) is 0 Å². The van der Waals surface area contributed by atoms with Gasteiger partial charge in [-0.15, -0.1) is 0 Å². The van der Waals surface area contributed by atoms with Gasteiger partial charge in [0.15, 0.2) is 0 Å². The van der Waals surface area contributed by atoms with Gasteiger partial charge in [-0.3, -0.25) is 14.4 Å². The van der Waals surface area contributed by atoms with Gasteiger partial charge in [0.05, 0.1) is 25.0 Å². The normalized spacial score (nSPS) is 19.1. The zero-order valence-electron chi connectivity index (χ0n) is 35.7. The molecule has 0 amide bonds. The number of hydrogen-bond acceptors (Lipinski definition) is 7. The number of carbonyl (C=O) groups is 3. The number of esters is 3. The van der Waals surface area contributed by atoms with Crippen molar-refractivity contribution >= 4 is 17.9 Å². The third-order valence-electron chi connectivity index (χ3n) is 12.0. The number of hydrogen-bond donors (Lipinski definition) is 0. The molecule has 0 aromatic carbocycles. The molecule has 0 bridgehead atoms. The van der Waals surface area contributed by atoms with Crippen molar-refractivity contribution in [1.82, 2.24) is 4.90 Å². The van der Waals surface area contributed by atoms with Crippen LogP contribution in [0.2, 0.25) is 0 Å². The molecular formula is C47H87NO6. The molecule has 0 N–H and O–H groups in total. The first-order valence-corrected chi connectivity index (χ1v) is 23.6. The molecule has 2 fully saturated rings. The summed E-state index contributed by atoms with van der Waals surface area (Å²) in [5.74, 6) is 0.0591. The van der Waals surface area contributed by atoms with Gasteiger partial charge in [-0.05, 0) is 104 Å².